The first-order chi connectivity index (χ1) is 14.3. The predicted octanol–water partition coefficient (Wildman–Crippen LogP) is 3.16. The highest BCUT2D eigenvalue weighted by Crippen LogP contribution is 2.13. The number of carbonyl (C=O) groups is 3. The van der Waals surface area contributed by atoms with E-state index < -0.39 is 36.2 Å². The second-order valence-electron chi connectivity index (χ2n) is 6.82. The lowest BCUT2D eigenvalue weighted by molar-refractivity contribution is -0.150. The lowest BCUT2D eigenvalue weighted by Gasteiger charge is -2.21. The maximum absolute atomic E-state index is 13.2. The molecule has 0 radical (unpaired) electrons. The molecule has 8 heteroatoms. The van der Waals surface area contributed by atoms with E-state index in [-0.39, 0.29) is 11.6 Å². The predicted molar refractivity (Wildman–Crippen MR) is 110 cm³/mol. The van der Waals surface area contributed by atoms with Gasteiger partial charge in [-0.3, -0.25) is 9.59 Å². The molecule has 1 atom stereocenters. The summed E-state index contributed by atoms with van der Waals surface area (Å²) < 4.78 is 23.5. The second-order valence-corrected chi connectivity index (χ2v) is 6.82. The Bertz CT molecular complexity index is 883. The Morgan fingerprint density at radius 3 is 2.37 bits per heavy atom. The Balaban J connectivity index is 1.92. The van der Waals surface area contributed by atoms with Gasteiger partial charge in [-0.25, -0.2) is 9.18 Å². The zero-order valence-corrected chi connectivity index (χ0v) is 17.1. The van der Waals surface area contributed by atoms with Gasteiger partial charge in [-0.05, 0) is 55.3 Å². The molecule has 0 saturated heterocycles. The number of esters is 1. The van der Waals surface area contributed by atoms with E-state index in [1.807, 2.05) is 6.92 Å². The van der Waals surface area contributed by atoms with Gasteiger partial charge in [0.1, 0.15) is 17.6 Å². The third-order valence-electron chi connectivity index (χ3n) is 4.09. The molecule has 0 aliphatic carbocycles. The van der Waals surface area contributed by atoms with E-state index in [0.29, 0.717) is 17.9 Å². The van der Waals surface area contributed by atoms with E-state index in [0.717, 1.165) is 6.07 Å². The second kappa shape index (κ2) is 10.9. The fraction of sp³-hybridized carbons (Fsp3) is 0.318. The van der Waals surface area contributed by atoms with Crippen LogP contribution in [-0.2, 0) is 14.3 Å². The number of benzene rings is 2. The topological polar surface area (TPSA) is 93.7 Å². The van der Waals surface area contributed by atoms with Gasteiger partial charge in [-0.2, -0.15) is 0 Å². The van der Waals surface area contributed by atoms with Gasteiger partial charge in [-0.1, -0.05) is 19.9 Å². The minimum atomic E-state index is -0.939. The lowest BCUT2D eigenvalue weighted by atomic mass is 10.0. The summed E-state index contributed by atoms with van der Waals surface area (Å²) in [6.45, 7) is 5.31. The molecule has 2 amide bonds. The summed E-state index contributed by atoms with van der Waals surface area (Å²) in [5.41, 5.74) is 0.612. The van der Waals surface area contributed by atoms with Crippen LogP contribution in [0.1, 0.15) is 31.1 Å². The normalized spacial score (nSPS) is 11.5. The highest BCUT2D eigenvalue weighted by atomic mass is 19.1. The van der Waals surface area contributed by atoms with Crippen molar-refractivity contribution in [3.05, 3.63) is 59.9 Å². The fourth-order valence-corrected chi connectivity index (χ4v) is 2.58. The number of amides is 2. The number of rotatable bonds is 9. The molecule has 160 valence electrons. The van der Waals surface area contributed by atoms with Gasteiger partial charge in [0.25, 0.3) is 11.8 Å². The Kier molecular flexibility index (Phi) is 8.34. The van der Waals surface area contributed by atoms with E-state index in [9.17, 15) is 18.8 Å². The number of ether oxygens (including phenoxy) is 2. The highest BCUT2D eigenvalue weighted by Gasteiger charge is 2.26. The quantitative estimate of drug-likeness (QED) is 0.613. The van der Waals surface area contributed by atoms with Gasteiger partial charge in [-0.15, -0.1) is 0 Å². The van der Waals surface area contributed by atoms with Crippen molar-refractivity contribution in [2.24, 2.45) is 5.92 Å². The van der Waals surface area contributed by atoms with Crippen molar-refractivity contribution < 1.29 is 28.2 Å². The summed E-state index contributed by atoms with van der Waals surface area (Å²) in [5.74, 6) is -1.93. The van der Waals surface area contributed by atoms with Gasteiger partial charge in [0.2, 0.25) is 0 Å². The van der Waals surface area contributed by atoms with Crippen molar-refractivity contribution in [3.8, 4) is 5.75 Å². The van der Waals surface area contributed by atoms with Crippen LogP contribution in [0.4, 0.5) is 10.1 Å². The van der Waals surface area contributed by atoms with Crippen molar-refractivity contribution in [1.82, 2.24) is 5.32 Å². The van der Waals surface area contributed by atoms with Crippen molar-refractivity contribution >= 4 is 23.5 Å². The van der Waals surface area contributed by atoms with Crippen LogP contribution in [0.25, 0.3) is 0 Å². The molecule has 0 saturated carbocycles. The zero-order chi connectivity index (χ0) is 22.1. The Morgan fingerprint density at radius 1 is 1.07 bits per heavy atom. The summed E-state index contributed by atoms with van der Waals surface area (Å²) in [6.07, 6.45) is 0. The molecule has 30 heavy (non-hydrogen) atoms. The maximum Gasteiger partial charge on any atom is 0.329 e. The van der Waals surface area contributed by atoms with Crippen LogP contribution in [0.3, 0.4) is 0 Å². The Labute approximate surface area is 174 Å². The summed E-state index contributed by atoms with van der Waals surface area (Å²) in [4.78, 5) is 36.8. The fourth-order valence-electron chi connectivity index (χ4n) is 2.58. The molecule has 2 aromatic carbocycles. The SMILES string of the molecule is CCOc1ccc(C(=O)NC(C(=O)OCC(=O)Nc2cccc(F)c2)C(C)C)cc1. The van der Waals surface area contributed by atoms with Crippen LogP contribution in [0.5, 0.6) is 5.75 Å². The van der Waals surface area contributed by atoms with Gasteiger partial charge in [0, 0.05) is 11.3 Å². The maximum atomic E-state index is 13.2. The van der Waals surface area contributed by atoms with Crippen LogP contribution in [0, 0.1) is 11.7 Å². The van der Waals surface area contributed by atoms with E-state index in [4.69, 9.17) is 9.47 Å². The average Bonchev–Trinajstić information content (AvgIpc) is 2.70. The first kappa shape index (κ1) is 22.9. The Hall–Kier alpha value is -3.42. The van der Waals surface area contributed by atoms with Gasteiger partial charge < -0.3 is 20.1 Å². The summed E-state index contributed by atoms with van der Waals surface area (Å²) >= 11 is 0. The van der Waals surface area contributed by atoms with E-state index in [1.165, 1.54) is 18.2 Å². The molecule has 0 fully saturated rings. The number of nitrogens with one attached hydrogen (secondary N) is 2. The number of hydrogen-bond donors (Lipinski definition) is 2. The van der Waals surface area contributed by atoms with E-state index in [1.54, 1.807) is 38.1 Å². The molecular formula is C22H25FN2O5. The molecule has 7 nitrogen and oxygen atoms in total. The van der Waals surface area contributed by atoms with Crippen LogP contribution >= 0.6 is 0 Å². The lowest BCUT2D eigenvalue weighted by Crippen LogP contribution is -2.45. The molecule has 0 spiro atoms. The molecule has 0 bridgehead atoms. The molecule has 0 aliphatic rings. The van der Waals surface area contributed by atoms with Crippen molar-refractivity contribution in [1.29, 1.82) is 0 Å². The van der Waals surface area contributed by atoms with Gasteiger partial charge in [0.15, 0.2) is 6.61 Å². The minimum absolute atomic E-state index is 0.250. The smallest absolute Gasteiger partial charge is 0.329 e. The summed E-state index contributed by atoms with van der Waals surface area (Å²) in [6, 6.07) is 10.9. The summed E-state index contributed by atoms with van der Waals surface area (Å²) in [5, 5.41) is 5.06. The van der Waals surface area contributed by atoms with Crippen molar-refractivity contribution in [2.45, 2.75) is 26.8 Å². The minimum Gasteiger partial charge on any atom is -0.494 e. The first-order valence-corrected chi connectivity index (χ1v) is 9.56. The largest absolute Gasteiger partial charge is 0.494 e. The zero-order valence-electron chi connectivity index (χ0n) is 17.1. The number of anilines is 1. The molecule has 2 aromatic rings. The van der Waals surface area contributed by atoms with Gasteiger partial charge in [0.05, 0.1) is 6.61 Å². The molecule has 0 heterocycles. The monoisotopic (exact) mass is 416 g/mol. The van der Waals surface area contributed by atoms with Crippen LogP contribution in [0.15, 0.2) is 48.5 Å². The average molecular weight is 416 g/mol. The summed E-state index contributed by atoms with van der Waals surface area (Å²) in [7, 11) is 0. The van der Waals surface area contributed by atoms with Crippen LogP contribution in [-0.4, -0.2) is 37.0 Å². The molecular weight excluding hydrogens is 391 g/mol. The molecule has 2 N–H and O–H groups in total. The number of hydrogen-bond acceptors (Lipinski definition) is 5. The third kappa shape index (κ3) is 6.88. The molecule has 1 unspecified atom stereocenters. The molecule has 0 aliphatic heterocycles. The third-order valence-corrected chi connectivity index (χ3v) is 4.09. The van der Waals surface area contributed by atoms with Crippen molar-refractivity contribution in [2.75, 3.05) is 18.5 Å². The van der Waals surface area contributed by atoms with Crippen LogP contribution in [0.2, 0.25) is 0 Å². The number of halogens is 1. The first-order valence-electron chi connectivity index (χ1n) is 9.56. The highest BCUT2D eigenvalue weighted by molar-refractivity contribution is 5.97. The Morgan fingerprint density at radius 2 is 1.77 bits per heavy atom. The van der Waals surface area contributed by atoms with E-state index in [2.05, 4.69) is 10.6 Å². The van der Waals surface area contributed by atoms with Gasteiger partial charge >= 0.3 is 5.97 Å². The van der Waals surface area contributed by atoms with Crippen molar-refractivity contribution in [3.63, 3.8) is 0 Å². The molecule has 0 aromatic heterocycles. The standard InChI is InChI=1S/C22H25FN2O5/c1-4-29-18-10-8-15(9-11-18)21(27)25-20(14(2)3)22(28)30-13-19(26)24-17-7-5-6-16(23)12-17/h5-12,14,20H,4,13H2,1-3H3,(H,24,26)(H,25,27). The van der Waals surface area contributed by atoms with E-state index >= 15 is 0 Å². The molecule has 2 rings (SSSR count). The number of carbonyl (C=O) groups excluding carboxylic acids is 3. The van der Waals surface area contributed by atoms with Crippen LogP contribution < -0.4 is 15.4 Å².